The predicted octanol–water partition coefficient (Wildman–Crippen LogP) is 5.19. The van der Waals surface area contributed by atoms with Crippen LogP contribution in [0.2, 0.25) is 0 Å². The molecule has 0 bridgehead atoms. The molecule has 144 valence electrons. The van der Waals surface area contributed by atoms with E-state index >= 15 is 0 Å². The van der Waals surface area contributed by atoms with Crippen molar-refractivity contribution in [2.24, 2.45) is 0 Å². The minimum Gasteiger partial charge on any atom is -0.462 e. The summed E-state index contributed by atoms with van der Waals surface area (Å²) in [5.74, 6) is -1.12. The fraction of sp³-hybridized carbons (Fsp3) is 0.190. The Kier molecular flexibility index (Phi) is 6.59. The van der Waals surface area contributed by atoms with Crippen molar-refractivity contribution in [3.05, 3.63) is 70.4 Å². The van der Waals surface area contributed by atoms with Crippen molar-refractivity contribution < 1.29 is 18.7 Å². The van der Waals surface area contributed by atoms with E-state index in [9.17, 15) is 14.0 Å². The number of thioether (sulfide) groups is 1. The van der Waals surface area contributed by atoms with Gasteiger partial charge in [-0.1, -0.05) is 55.5 Å². The van der Waals surface area contributed by atoms with Gasteiger partial charge in [0.2, 0.25) is 0 Å². The average molecular weight is 416 g/mol. The van der Waals surface area contributed by atoms with Gasteiger partial charge in [-0.3, -0.25) is 9.69 Å². The minimum absolute atomic E-state index is 0.323. The summed E-state index contributed by atoms with van der Waals surface area (Å²) < 4.78 is 19.4. The van der Waals surface area contributed by atoms with Gasteiger partial charge < -0.3 is 4.74 Å². The van der Waals surface area contributed by atoms with Gasteiger partial charge in [-0.15, -0.1) is 0 Å². The van der Waals surface area contributed by atoms with Crippen LogP contribution in [0.4, 0.5) is 10.1 Å². The van der Waals surface area contributed by atoms with E-state index in [0.717, 1.165) is 24.6 Å². The van der Waals surface area contributed by atoms with Gasteiger partial charge in [-0.25, -0.2) is 9.18 Å². The number of hydrogen-bond acceptors (Lipinski definition) is 5. The summed E-state index contributed by atoms with van der Waals surface area (Å²) in [4.78, 5) is 26.5. The third-order valence-corrected chi connectivity index (χ3v) is 5.38. The molecule has 2 aromatic carbocycles. The molecule has 0 unspecified atom stereocenters. The van der Waals surface area contributed by atoms with Crippen molar-refractivity contribution in [1.82, 2.24) is 0 Å². The number of nitrogens with zero attached hydrogens (tertiary/aromatic N) is 1. The maximum Gasteiger partial charge on any atom is 0.338 e. The van der Waals surface area contributed by atoms with Crippen LogP contribution in [0.15, 0.2) is 53.4 Å². The number of unbranched alkanes of at least 4 members (excludes halogenated alkanes) is 1. The van der Waals surface area contributed by atoms with E-state index < -0.39 is 11.8 Å². The van der Waals surface area contributed by atoms with Crippen LogP contribution in [-0.4, -0.2) is 22.8 Å². The Hall–Kier alpha value is -2.51. The molecular weight excluding hydrogens is 397 g/mol. The van der Waals surface area contributed by atoms with Crippen LogP contribution in [0.25, 0.3) is 6.08 Å². The van der Waals surface area contributed by atoms with Crippen LogP contribution in [0.3, 0.4) is 0 Å². The summed E-state index contributed by atoms with van der Waals surface area (Å²) in [6, 6.07) is 12.7. The third-order valence-electron chi connectivity index (χ3n) is 4.08. The predicted molar refractivity (Wildman–Crippen MR) is 114 cm³/mol. The number of hydrogen-bond donors (Lipinski definition) is 0. The number of thiocarbonyl (C=S) groups is 1. The second-order valence-electron chi connectivity index (χ2n) is 6.07. The Morgan fingerprint density at radius 2 is 1.93 bits per heavy atom. The molecule has 0 aliphatic carbocycles. The highest BCUT2D eigenvalue weighted by atomic mass is 32.2. The Morgan fingerprint density at radius 3 is 2.61 bits per heavy atom. The number of anilines is 1. The van der Waals surface area contributed by atoms with E-state index in [4.69, 9.17) is 17.0 Å². The van der Waals surface area contributed by atoms with Gasteiger partial charge >= 0.3 is 5.97 Å². The van der Waals surface area contributed by atoms with Gasteiger partial charge in [0.05, 0.1) is 22.8 Å². The van der Waals surface area contributed by atoms with Crippen molar-refractivity contribution in [2.75, 3.05) is 11.5 Å². The quantitative estimate of drug-likeness (QED) is 0.281. The summed E-state index contributed by atoms with van der Waals surface area (Å²) in [7, 11) is 0. The van der Waals surface area contributed by atoms with E-state index in [0.29, 0.717) is 32.6 Å². The van der Waals surface area contributed by atoms with Crippen molar-refractivity contribution in [2.45, 2.75) is 19.8 Å². The Bertz CT molecular complexity index is 941. The maximum absolute atomic E-state index is 13.9. The minimum atomic E-state index is -0.404. The molecular formula is C21H18FNO3S2. The van der Waals surface area contributed by atoms with Gasteiger partial charge in [-0.2, -0.15) is 0 Å². The SMILES string of the molecule is CCCCOC(=O)c1ccc(N2C(=O)/C(=C/c3ccccc3F)SC2=S)cc1. The normalized spacial score (nSPS) is 15.4. The molecule has 0 N–H and O–H groups in total. The van der Waals surface area contributed by atoms with Crippen LogP contribution < -0.4 is 4.90 Å². The lowest BCUT2D eigenvalue weighted by molar-refractivity contribution is -0.113. The van der Waals surface area contributed by atoms with Gasteiger partial charge in [0, 0.05) is 5.56 Å². The van der Waals surface area contributed by atoms with E-state index in [-0.39, 0.29) is 5.91 Å². The molecule has 3 rings (SSSR count). The number of esters is 1. The Balaban J connectivity index is 1.77. The van der Waals surface area contributed by atoms with Crippen LogP contribution in [0.1, 0.15) is 35.7 Å². The first kappa shape index (κ1) is 20.2. The molecule has 1 aliphatic rings. The number of carbonyl (C=O) groups is 2. The largest absolute Gasteiger partial charge is 0.462 e. The molecule has 1 fully saturated rings. The van der Waals surface area contributed by atoms with E-state index in [1.165, 1.54) is 17.0 Å². The lowest BCUT2D eigenvalue weighted by Crippen LogP contribution is -2.27. The molecule has 0 spiro atoms. The summed E-state index contributed by atoms with van der Waals surface area (Å²) in [6.07, 6.45) is 3.25. The van der Waals surface area contributed by atoms with Gasteiger partial charge in [0.25, 0.3) is 5.91 Å². The Labute approximate surface area is 172 Å². The number of carbonyl (C=O) groups excluding carboxylic acids is 2. The fourth-order valence-corrected chi connectivity index (χ4v) is 3.85. The molecule has 1 heterocycles. The summed E-state index contributed by atoms with van der Waals surface area (Å²) in [5.41, 5.74) is 1.28. The van der Waals surface area contributed by atoms with Crippen molar-refractivity contribution >= 4 is 51.9 Å². The summed E-state index contributed by atoms with van der Waals surface area (Å²) in [5, 5.41) is 0. The van der Waals surface area contributed by atoms with Gasteiger partial charge in [-0.05, 0) is 42.8 Å². The number of ether oxygens (including phenoxy) is 1. The third kappa shape index (κ3) is 4.48. The number of rotatable bonds is 6. The fourth-order valence-electron chi connectivity index (χ4n) is 2.56. The Morgan fingerprint density at radius 1 is 1.21 bits per heavy atom. The zero-order valence-corrected chi connectivity index (χ0v) is 16.8. The highest BCUT2D eigenvalue weighted by Crippen LogP contribution is 2.36. The highest BCUT2D eigenvalue weighted by molar-refractivity contribution is 8.27. The van der Waals surface area contributed by atoms with Crippen LogP contribution >= 0.6 is 24.0 Å². The molecule has 2 aromatic rings. The maximum atomic E-state index is 13.9. The molecule has 1 amide bonds. The molecule has 4 nitrogen and oxygen atoms in total. The van der Waals surface area contributed by atoms with E-state index in [1.807, 2.05) is 6.92 Å². The molecule has 0 radical (unpaired) electrons. The number of amides is 1. The summed E-state index contributed by atoms with van der Waals surface area (Å²) in [6.45, 7) is 2.40. The number of benzene rings is 2. The molecule has 0 aromatic heterocycles. The second-order valence-corrected chi connectivity index (χ2v) is 7.75. The number of halogens is 1. The van der Waals surface area contributed by atoms with Gasteiger partial charge in [0.1, 0.15) is 5.82 Å². The van der Waals surface area contributed by atoms with Crippen molar-refractivity contribution in [1.29, 1.82) is 0 Å². The van der Waals surface area contributed by atoms with Crippen LogP contribution in [-0.2, 0) is 9.53 Å². The molecule has 1 saturated heterocycles. The topological polar surface area (TPSA) is 46.6 Å². The standard InChI is InChI=1S/C21H18FNO3S2/c1-2-3-12-26-20(25)14-8-10-16(11-9-14)23-19(24)18(28-21(23)27)13-15-6-4-5-7-17(15)22/h4-11,13H,2-3,12H2,1H3/b18-13-. The molecule has 28 heavy (non-hydrogen) atoms. The monoisotopic (exact) mass is 415 g/mol. The van der Waals surface area contributed by atoms with Crippen LogP contribution in [0.5, 0.6) is 0 Å². The first-order chi connectivity index (χ1) is 13.5. The van der Waals surface area contributed by atoms with E-state index in [1.54, 1.807) is 42.5 Å². The molecule has 7 heteroatoms. The second kappa shape index (κ2) is 9.12. The van der Waals surface area contributed by atoms with Crippen molar-refractivity contribution in [3.8, 4) is 0 Å². The summed E-state index contributed by atoms with van der Waals surface area (Å²) >= 11 is 6.44. The average Bonchev–Trinajstić information content (AvgIpc) is 2.97. The first-order valence-electron chi connectivity index (χ1n) is 8.81. The van der Waals surface area contributed by atoms with Crippen molar-refractivity contribution in [3.63, 3.8) is 0 Å². The zero-order valence-electron chi connectivity index (χ0n) is 15.2. The first-order valence-corrected chi connectivity index (χ1v) is 10.0. The van der Waals surface area contributed by atoms with Crippen LogP contribution in [0, 0.1) is 5.82 Å². The lowest BCUT2D eigenvalue weighted by Gasteiger charge is -2.14. The van der Waals surface area contributed by atoms with E-state index in [2.05, 4.69) is 0 Å². The molecule has 1 aliphatic heterocycles. The molecule has 0 atom stereocenters. The molecule has 0 saturated carbocycles. The van der Waals surface area contributed by atoms with Gasteiger partial charge in [0.15, 0.2) is 4.32 Å². The lowest BCUT2D eigenvalue weighted by atomic mass is 10.2. The zero-order chi connectivity index (χ0) is 20.1. The highest BCUT2D eigenvalue weighted by Gasteiger charge is 2.33. The smallest absolute Gasteiger partial charge is 0.338 e.